The number of hydrogen-bond donors (Lipinski definition) is 2. The monoisotopic (exact) mass is 340 g/mol. The highest BCUT2D eigenvalue weighted by Gasteiger charge is 2.45. The highest BCUT2D eigenvalue weighted by Crippen LogP contribution is 2.53. The number of piperidine rings is 1. The minimum absolute atomic E-state index is 0.00827. The van der Waals surface area contributed by atoms with Gasteiger partial charge in [0.15, 0.2) is 0 Å². The van der Waals surface area contributed by atoms with E-state index in [4.69, 9.17) is 0 Å². The third kappa shape index (κ3) is 3.13. The number of nitrogens with one attached hydrogen (secondary N) is 2. The SMILES string of the molecule is Cc1ccc2cc(C(=O)N[C@H](C)C(=O)N3CCC4(CC3)CC4)[nH]c2n1. The summed E-state index contributed by atoms with van der Waals surface area (Å²) in [6, 6.07) is 5.09. The number of nitrogens with zero attached hydrogens (tertiary/aromatic N) is 2. The number of pyridine rings is 1. The lowest BCUT2D eigenvalue weighted by Crippen LogP contribution is -2.49. The zero-order valence-electron chi connectivity index (χ0n) is 14.8. The predicted octanol–water partition coefficient (Wildman–Crippen LogP) is 2.39. The van der Waals surface area contributed by atoms with E-state index in [-0.39, 0.29) is 11.8 Å². The summed E-state index contributed by atoms with van der Waals surface area (Å²) < 4.78 is 0. The molecule has 0 bridgehead atoms. The molecule has 2 fully saturated rings. The Morgan fingerprint density at radius 1 is 1.24 bits per heavy atom. The van der Waals surface area contributed by atoms with Gasteiger partial charge in [-0.2, -0.15) is 0 Å². The summed E-state index contributed by atoms with van der Waals surface area (Å²) in [5.74, 6) is -0.263. The topological polar surface area (TPSA) is 78.1 Å². The maximum Gasteiger partial charge on any atom is 0.268 e. The number of amides is 2. The van der Waals surface area contributed by atoms with Crippen molar-refractivity contribution < 1.29 is 9.59 Å². The molecular formula is C19H24N4O2. The molecule has 0 unspecified atom stereocenters. The number of aromatic nitrogens is 2. The normalized spacial score (nSPS) is 19.8. The van der Waals surface area contributed by atoms with Crippen molar-refractivity contribution >= 4 is 22.8 Å². The number of rotatable bonds is 3. The van der Waals surface area contributed by atoms with Crippen molar-refractivity contribution in [3.63, 3.8) is 0 Å². The minimum atomic E-state index is -0.526. The van der Waals surface area contributed by atoms with Crippen LogP contribution in [-0.2, 0) is 4.79 Å². The van der Waals surface area contributed by atoms with Crippen LogP contribution in [0.5, 0.6) is 0 Å². The van der Waals surface area contributed by atoms with E-state index >= 15 is 0 Å². The lowest BCUT2D eigenvalue weighted by molar-refractivity contribution is -0.134. The average Bonchev–Trinajstić information content (AvgIpc) is 3.21. The molecule has 2 aromatic heterocycles. The highest BCUT2D eigenvalue weighted by atomic mass is 16.2. The Kier molecular flexibility index (Phi) is 3.78. The molecule has 1 atom stereocenters. The summed E-state index contributed by atoms with van der Waals surface area (Å²) in [7, 11) is 0. The summed E-state index contributed by atoms with van der Waals surface area (Å²) in [5, 5.41) is 3.71. The summed E-state index contributed by atoms with van der Waals surface area (Å²) in [4.78, 5) is 34.4. The number of likely N-dealkylation sites (tertiary alicyclic amines) is 1. The van der Waals surface area contributed by atoms with Crippen molar-refractivity contribution in [1.82, 2.24) is 20.2 Å². The van der Waals surface area contributed by atoms with E-state index in [2.05, 4.69) is 15.3 Å². The molecular weight excluding hydrogens is 316 g/mol. The molecule has 0 radical (unpaired) electrons. The first-order chi connectivity index (χ1) is 12.0. The van der Waals surface area contributed by atoms with Gasteiger partial charge in [-0.3, -0.25) is 9.59 Å². The first-order valence-corrected chi connectivity index (χ1v) is 9.02. The van der Waals surface area contributed by atoms with Crippen molar-refractivity contribution in [2.45, 2.75) is 45.6 Å². The van der Waals surface area contributed by atoms with Crippen molar-refractivity contribution in [1.29, 1.82) is 0 Å². The number of aryl methyl sites for hydroxylation is 1. The van der Waals surface area contributed by atoms with Gasteiger partial charge in [0.25, 0.3) is 5.91 Å². The van der Waals surface area contributed by atoms with Crippen LogP contribution in [0.15, 0.2) is 18.2 Å². The van der Waals surface area contributed by atoms with E-state index < -0.39 is 6.04 Å². The van der Waals surface area contributed by atoms with Gasteiger partial charge in [0.05, 0.1) is 0 Å². The quantitative estimate of drug-likeness (QED) is 0.900. The number of aromatic amines is 1. The molecule has 1 saturated carbocycles. The molecule has 1 aliphatic heterocycles. The Labute approximate surface area is 147 Å². The molecule has 2 amide bonds. The van der Waals surface area contributed by atoms with E-state index in [0.717, 1.165) is 37.0 Å². The van der Waals surface area contributed by atoms with Crippen LogP contribution in [-0.4, -0.2) is 45.8 Å². The van der Waals surface area contributed by atoms with E-state index in [0.29, 0.717) is 16.8 Å². The van der Waals surface area contributed by atoms with Gasteiger partial charge in [0, 0.05) is 24.2 Å². The molecule has 1 saturated heterocycles. The van der Waals surface area contributed by atoms with Gasteiger partial charge >= 0.3 is 0 Å². The van der Waals surface area contributed by atoms with E-state index in [9.17, 15) is 9.59 Å². The van der Waals surface area contributed by atoms with Gasteiger partial charge < -0.3 is 15.2 Å². The molecule has 4 rings (SSSR count). The maximum atomic E-state index is 12.6. The van der Waals surface area contributed by atoms with Crippen molar-refractivity contribution in [2.75, 3.05) is 13.1 Å². The van der Waals surface area contributed by atoms with Crippen molar-refractivity contribution in [2.24, 2.45) is 5.41 Å². The molecule has 6 heteroatoms. The van der Waals surface area contributed by atoms with Gasteiger partial charge in [-0.25, -0.2) is 4.98 Å². The second-order valence-electron chi connectivity index (χ2n) is 7.59. The lowest BCUT2D eigenvalue weighted by atomic mass is 9.93. The summed E-state index contributed by atoms with van der Waals surface area (Å²) in [5.41, 5.74) is 2.56. The Morgan fingerprint density at radius 2 is 1.96 bits per heavy atom. The van der Waals surface area contributed by atoms with Crippen LogP contribution >= 0.6 is 0 Å². The molecule has 1 spiro atoms. The standard InChI is InChI=1S/C19H24N4O2/c1-12-3-4-14-11-15(22-16(14)20-12)17(24)21-13(2)18(25)23-9-7-19(5-6-19)8-10-23/h3-4,11,13H,5-10H2,1-2H3,(H,20,22)(H,21,24)/t13-/m1/s1. The second kappa shape index (κ2) is 5.86. The van der Waals surface area contributed by atoms with Crippen LogP contribution in [0.3, 0.4) is 0 Å². The van der Waals surface area contributed by atoms with Crippen LogP contribution in [0.2, 0.25) is 0 Å². The average molecular weight is 340 g/mol. The third-order valence-electron chi connectivity index (χ3n) is 5.67. The predicted molar refractivity (Wildman–Crippen MR) is 95.2 cm³/mol. The fourth-order valence-corrected chi connectivity index (χ4v) is 3.71. The minimum Gasteiger partial charge on any atom is -0.341 e. The smallest absolute Gasteiger partial charge is 0.268 e. The maximum absolute atomic E-state index is 12.6. The Morgan fingerprint density at radius 3 is 2.64 bits per heavy atom. The Hall–Kier alpha value is -2.37. The molecule has 2 N–H and O–H groups in total. The molecule has 2 aromatic rings. The number of hydrogen-bond acceptors (Lipinski definition) is 3. The highest BCUT2D eigenvalue weighted by molar-refractivity contribution is 5.99. The second-order valence-corrected chi connectivity index (χ2v) is 7.59. The molecule has 132 valence electrons. The fraction of sp³-hybridized carbons (Fsp3) is 0.526. The molecule has 2 aliphatic rings. The van der Waals surface area contributed by atoms with Crippen LogP contribution in [0.1, 0.15) is 48.8 Å². The van der Waals surface area contributed by atoms with Gasteiger partial charge in [-0.05, 0) is 63.1 Å². The lowest BCUT2D eigenvalue weighted by Gasteiger charge is -2.33. The first-order valence-electron chi connectivity index (χ1n) is 9.02. The summed E-state index contributed by atoms with van der Waals surface area (Å²) >= 11 is 0. The summed E-state index contributed by atoms with van der Waals surface area (Å²) in [6.07, 6.45) is 4.84. The molecule has 1 aliphatic carbocycles. The fourth-order valence-electron chi connectivity index (χ4n) is 3.71. The van der Waals surface area contributed by atoms with E-state index in [1.165, 1.54) is 12.8 Å². The van der Waals surface area contributed by atoms with Crippen molar-refractivity contribution in [3.8, 4) is 0 Å². The van der Waals surface area contributed by atoms with Crippen LogP contribution in [0, 0.1) is 12.3 Å². The zero-order valence-corrected chi connectivity index (χ0v) is 14.8. The van der Waals surface area contributed by atoms with Gasteiger partial charge in [0.2, 0.25) is 5.91 Å². The molecule has 3 heterocycles. The van der Waals surface area contributed by atoms with Gasteiger partial charge in [0.1, 0.15) is 17.4 Å². The summed E-state index contributed by atoms with van der Waals surface area (Å²) in [6.45, 7) is 5.29. The molecule has 6 nitrogen and oxygen atoms in total. The van der Waals surface area contributed by atoms with Gasteiger partial charge in [-0.1, -0.05) is 0 Å². The molecule has 0 aromatic carbocycles. The number of fused-ring (bicyclic) bond motifs is 1. The number of H-pyrrole nitrogens is 1. The van der Waals surface area contributed by atoms with Crippen LogP contribution in [0.25, 0.3) is 11.0 Å². The third-order valence-corrected chi connectivity index (χ3v) is 5.67. The van der Waals surface area contributed by atoms with Crippen LogP contribution in [0.4, 0.5) is 0 Å². The Bertz CT molecular complexity index is 827. The first kappa shape index (κ1) is 16.1. The molecule has 25 heavy (non-hydrogen) atoms. The number of carbonyl (C=O) groups excluding carboxylic acids is 2. The Balaban J connectivity index is 1.39. The zero-order chi connectivity index (χ0) is 17.6. The van der Waals surface area contributed by atoms with E-state index in [1.54, 1.807) is 13.0 Å². The van der Waals surface area contributed by atoms with Crippen LogP contribution < -0.4 is 5.32 Å². The largest absolute Gasteiger partial charge is 0.341 e. The van der Waals surface area contributed by atoms with E-state index in [1.807, 2.05) is 24.0 Å². The van der Waals surface area contributed by atoms with Gasteiger partial charge in [-0.15, -0.1) is 0 Å². The van der Waals surface area contributed by atoms with Crippen molar-refractivity contribution in [3.05, 3.63) is 29.6 Å². The number of carbonyl (C=O) groups is 2.